The lowest BCUT2D eigenvalue weighted by Gasteiger charge is -2.18. The van der Waals surface area contributed by atoms with Crippen LogP contribution < -0.4 is 0 Å². The van der Waals surface area contributed by atoms with E-state index in [9.17, 15) is 9.59 Å². The smallest absolute Gasteiger partial charge is 0.306 e. The van der Waals surface area contributed by atoms with Crippen LogP contribution in [-0.2, 0) is 14.3 Å². The van der Waals surface area contributed by atoms with Gasteiger partial charge in [-0.1, -0.05) is 174 Å². The van der Waals surface area contributed by atoms with Gasteiger partial charge in [0.05, 0.1) is 0 Å². The minimum atomic E-state index is -0.691. The summed E-state index contributed by atoms with van der Waals surface area (Å²) in [6.45, 7) is 4.55. The fourth-order valence-electron chi connectivity index (χ4n) is 6.42. The predicted octanol–water partition coefficient (Wildman–Crippen LogP) is 14.2. The molecule has 0 aliphatic heterocycles. The SMILES string of the molecule is CCCCCCCC/C=C\CCCCCCCCCCCC(=O)OC(CCCCCCCCCC)CCCCCCCCC(=O)O. The van der Waals surface area contributed by atoms with Crippen molar-refractivity contribution in [3.63, 3.8) is 0 Å². The lowest BCUT2D eigenvalue weighted by molar-refractivity contribution is -0.150. The Balaban J connectivity index is 3.88. The van der Waals surface area contributed by atoms with E-state index in [1.54, 1.807) is 0 Å². The van der Waals surface area contributed by atoms with E-state index in [0.717, 1.165) is 70.6 Å². The van der Waals surface area contributed by atoms with Gasteiger partial charge in [0, 0.05) is 12.8 Å². The first-order valence-electron chi connectivity index (χ1n) is 20.7. The van der Waals surface area contributed by atoms with E-state index in [1.807, 2.05) is 0 Å². The van der Waals surface area contributed by atoms with Crippen LogP contribution in [0.25, 0.3) is 0 Å². The number of allylic oxidation sites excluding steroid dienone is 2. The van der Waals surface area contributed by atoms with Crippen LogP contribution in [-0.4, -0.2) is 23.1 Å². The molecule has 0 amide bonds. The summed E-state index contributed by atoms with van der Waals surface area (Å²) in [5, 5.41) is 8.78. The maximum atomic E-state index is 12.7. The molecule has 1 unspecified atom stereocenters. The molecule has 1 N–H and O–H groups in total. The van der Waals surface area contributed by atoms with Crippen LogP contribution in [0.5, 0.6) is 0 Å². The van der Waals surface area contributed by atoms with Crippen molar-refractivity contribution in [2.45, 2.75) is 245 Å². The van der Waals surface area contributed by atoms with E-state index in [2.05, 4.69) is 26.0 Å². The van der Waals surface area contributed by atoms with E-state index >= 15 is 0 Å². The molecule has 0 aromatic rings. The third-order valence-corrected chi connectivity index (χ3v) is 9.49. The van der Waals surface area contributed by atoms with Gasteiger partial charge in [0.25, 0.3) is 0 Å². The van der Waals surface area contributed by atoms with E-state index < -0.39 is 5.97 Å². The summed E-state index contributed by atoms with van der Waals surface area (Å²) in [7, 11) is 0. The Morgan fingerprint density at radius 1 is 0.457 bits per heavy atom. The molecular formula is C42H80O4. The molecule has 4 nitrogen and oxygen atoms in total. The van der Waals surface area contributed by atoms with E-state index in [4.69, 9.17) is 9.84 Å². The van der Waals surface area contributed by atoms with Crippen LogP contribution in [0, 0.1) is 0 Å². The van der Waals surface area contributed by atoms with Gasteiger partial charge in [-0.3, -0.25) is 9.59 Å². The Hall–Kier alpha value is -1.32. The predicted molar refractivity (Wildman–Crippen MR) is 200 cm³/mol. The second-order valence-corrected chi connectivity index (χ2v) is 14.2. The number of carboxylic acids is 1. The molecule has 0 radical (unpaired) electrons. The molecule has 0 fully saturated rings. The first-order chi connectivity index (χ1) is 22.6. The number of rotatable bonds is 38. The molecule has 0 bridgehead atoms. The highest BCUT2D eigenvalue weighted by Gasteiger charge is 2.14. The van der Waals surface area contributed by atoms with Crippen LogP contribution >= 0.6 is 0 Å². The lowest BCUT2D eigenvalue weighted by atomic mass is 10.0. The zero-order chi connectivity index (χ0) is 33.6. The molecule has 272 valence electrons. The minimum Gasteiger partial charge on any atom is -0.481 e. The number of aliphatic carboxylic acids is 1. The van der Waals surface area contributed by atoms with Crippen molar-refractivity contribution in [3.05, 3.63) is 12.2 Å². The van der Waals surface area contributed by atoms with Crippen LogP contribution in [0.2, 0.25) is 0 Å². The third kappa shape index (κ3) is 37.1. The average Bonchev–Trinajstić information content (AvgIpc) is 3.04. The molecule has 4 heteroatoms. The van der Waals surface area contributed by atoms with Gasteiger partial charge < -0.3 is 9.84 Å². The number of carboxylic acid groups (broad SMARTS) is 1. The number of hydrogen-bond acceptors (Lipinski definition) is 3. The number of hydrogen-bond donors (Lipinski definition) is 1. The number of carbonyl (C=O) groups excluding carboxylic acids is 1. The van der Waals surface area contributed by atoms with Gasteiger partial charge >= 0.3 is 11.9 Å². The highest BCUT2D eigenvalue weighted by atomic mass is 16.5. The standard InChI is InChI=1S/C42H80O4/c1-3-5-7-9-11-13-14-15-16-17-18-19-20-21-22-23-25-31-35-39-42(45)46-40(36-32-28-24-12-10-8-6-4-2)37-33-29-26-27-30-34-38-41(43)44/h15-16,40H,3-14,17-39H2,1-2H3,(H,43,44)/b16-15-. The normalized spacial score (nSPS) is 12.2. The quantitative estimate of drug-likeness (QED) is 0.0411. The van der Waals surface area contributed by atoms with Crippen molar-refractivity contribution >= 4 is 11.9 Å². The molecule has 0 spiro atoms. The van der Waals surface area contributed by atoms with Crippen molar-refractivity contribution in [3.8, 4) is 0 Å². The second-order valence-electron chi connectivity index (χ2n) is 14.2. The Kier molecular flexibility index (Phi) is 37.0. The Morgan fingerprint density at radius 3 is 1.17 bits per heavy atom. The summed E-state index contributed by atoms with van der Waals surface area (Å²) in [4.78, 5) is 23.3. The van der Waals surface area contributed by atoms with Gasteiger partial charge in [0.1, 0.15) is 6.10 Å². The topological polar surface area (TPSA) is 63.6 Å². The molecule has 0 aromatic heterocycles. The lowest BCUT2D eigenvalue weighted by Crippen LogP contribution is -2.18. The summed E-state index contributed by atoms with van der Waals surface area (Å²) >= 11 is 0. The first kappa shape index (κ1) is 44.7. The Labute approximate surface area is 287 Å². The van der Waals surface area contributed by atoms with Gasteiger partial charge in [0.15, 0.2) is 0 Å². The van der Waals surface area contributed by atoms with Crippen LogP contribution in [0.1, 0.15) is 239 Å². The fourth-order valence-corrected chi connectivity index (χ4v) is 6.42. The average molecular weight is 649 g/mol. The van der Waals surface area contributed by atoms with Gasteiger partial charge in [-0.15, -0.1) is 0 Å². The number of unbranched alkanes of at least 4 members (excludes halogenated alkanes) is 27. The van der Waals surface area contributed by atoms with Gasteiger partial charge in [-0.2, -0.15) is 0 Å². The molecular weight excluding hydrogens is 568 g/mol. The van der Waals surface area contributed by atoms with Crippen LogP contribution in [0.3, 0.4) is 0 Å². The van der Waals surface area contributed by atoms with Gasteiger partial charge in [-0.05, 0) is 64.2 Å². The summed E-state index contributed by atoms with van der Waals surface area (Å²) < 4.78 is 6.01. The molecule has 0 rings (SSSR count). The zero-order valence-corrected chi connectivity index (χ0v) is 31.2. The molecule has 0 saturated heterocycles. The van der Waals surface area contributed by atoms with Crippen molar-refractivity contribution in [2.75, 3.05) is 0 Å². The van der Waals surface area contributed by atoms with E-state index in [1.165, 1.54) is 141 Å². The molecule has 0 aliphatic carbocycles. The first-order valence-corrected chi connectivity index (χ1v) is 20.7. The summed E-state index contributed by atoms with van der Waals surface area (Å²) in [6.07, 6.45) is 46.7. The summed E-state index contributed by atoms with van der Waals surface area (Å²) in [5.41, 5.74) is 0. The molecule has 0 aliphatic rings. The van der Waals surface area contributed by atoms with Gasteiger partial charge in [0.2, 0.25) is 0 Å². The van der Waals surface area contributed by atoms with Crippen molar-refractivity contribution in [1.29, 1.82) is 0 Å². The van der Waals surface area contributed by atoms with Crippen LogP contribution in [0.4, 0.5) is 0 Å². The number of carbonyl (C=O) groups is 2. The maximum Gasteiger partial charge on any atom is 0.306 e. The second kappa shape index (κ2) is 38.1. The Morgan fingerprint density at radius 2 is 0.783 bits per heavy atom. The third-order valence-electron chi connectivity index (χ3n) is 9.49. The van der Waals surface area contributed by atoms with Crippen molar-refractivity contribution < 1.29 is 19.4 Å². The monoisotopic (exact) mass is 649 g/mol. The highest BCUT2D eigenvalue weighted by molar-refractivity contribution is 5.69. The van der Waals surface area contributed by atoms with E-state index in [0.29, 0.717) is 6.42 Å². The molecule has 0 aromatic carbocycles. The minimum absolute atomic E-state index is 0.0132. The van der Waals surface area contributed by atoms with E-state index in [-0.39, 0.29) is 18.5 Å². The molecule has 1 atom stereocenters. The Bertz CT molecular complexity index is 658. The summed E-state index contributed by atoms with van der Waals surface area (Å²) in [5.74, 6) is -0.678. The largest absolute Gasteiger partial charge is 0.481 e. The van der Waals surface area contributed by atoms with Crippen molar-refractivity contribution in [1.82, 2.24) is 0 Å². The number of ether oxygens (including phenoxy) is 1. The summed E-state index contributed by atoms with van der Waals surface area (Å²) in [6, 6.07) is 0. The molecule has 0 saturated carbocycles. The highest BCUT2D eigenvalue weighted by Crippen LogP contribution is 2.19. The van der Waals surface area contributed by atoms with Crippen molar-refractivity contribution in [2.24, 2.45) is 0 Å². The number of esters is 1. The fraction of sp³-hybridized carbons (Fsp3) is 0.905. The molecule has 46 heavy (non-hydrogen) atoms. The molecule has 0 heterocycles. The maximum absolute atomic E-state index is 12.7. The zero-order valence-electron chi connectivity index (χ0n) is 31.2. The van der Waals surface area contributed by atoms with Crippen LogP contribution in [0.15, 0.2) is 12.2 Å². The van der Waals surface area contributed by atoms with Gasteiger partial charge in [-0.25, -0.2) is 0 Å².